The van der Waals surface area contributed by atoms with Crippen LogP contribution in [0.2, 0.25) is 0 Å². The zero-order chi connectivity index (χ0) is 12.8. The third-order valence-electron chi connectivity index (χ3n) is 3.35. The van der Waals surface area contributed by atoms with E-state index in [4.69, 9.17) is 0 Å². The van der Waals surface area contributed by atoms with E-state index in [2.05, 4.69) is 24.1 Å². The largest absolute Gasteiger partial charge is 0.315 e. The van der Waals surface area contributed by atoms with Gasteiger partial charge in [0.1, 0.15) is 5.82 Å². The molecule has 0 fully saturated rings. The van der Waals surface area contributed by atoms with Crippen molar-refractivity contribution < 1.29 is 4.39 Å². The van der Waals surface area contributed by atoms with Crippen LogP contribution in [0.1, 0.15) is 32.4 Å². The number of nitrogens with one attached hydrogen (secondary N) is 1. The molecule has 96 valence electrons. The fourth-order valence-corrected chi connectivity index (χ4v) is 1.91. The van der Waals surface area contributed by atoms with E-state index in [0.717, 1.165) is 18.7 Å². The van der Waals surface area contributed by atoms with E-state index in [0.29, 0.717) is 6.04 Å². The molecule has 0 aliphatic heterocycles. The van der Waals surface area contributed by atoms with Gasteiger partial charge in [-0.2, -0.15) is 0 Å². The number of nitrogens with zero attached hydrogens (tertiary/aromatic N) is 1. The SMILES string of the molecule is CCNCC(C)N(C)C(C)c1ccccc1F. The molecule has 1 aromatic carbocycles. The maximum atomic E-state index is 13.7. The normalized spacial score (nSPS) is 14.9. The van der Waals surface area contributed by atoms with Crippen LogP contribution in [-0.4, -0.2) is 31.1 Å². The standard InChI is InChI=1S/C14H23FN2/c1-5-16-10-11(2)17(4)12(3)13-8-6-7-9-14(13)15/h6-9,11-12,16H,5,10H2,1-4H3. The molecule has 0 amide bonds. The Bertz CT molecular complexity index is 341. The van der Waals surface area contributed by atoms with E-state index >= 15 is 0 Å². The molecule has 1 aromatic rings. The summed E-state index contributed by atoms with van der Waals surface area (Å²) in [7, 11) is 2.04. The van der Waals surface area contributed by atoms with Crippen molar-refractivity contribution in [3.05, 3.63) is 35.6 Å². The van der Waals surface area contributed by atoms with Gasteiger partial charge in [0.15, 0.2) is 0 Å². The lowest BCUT2D eigenvalue weighted by Gasteiger charge is -2.31. The summed E-state index contributed by atoms with van der Waals surface area (Å²) in [6.07, 6.45) is 0. The smallest absolute Gasteiger partial charge is 0.127 e. The lowest BCUT2D eigenvalue weighted by atomic mass is 10.1. The van der Waals surface area contributed by atoms with E-state index in [1.807, 2.05) is 26.1 Å². The van der Waals surface area contributed by atoms with Crippen LogP contribution in [0.3, 0.4) is 0 Å². The van der Waals surface area contributed by atoms with Gasteiger partial charge < -0.3 is 5.32 Å². The van der Waals surface area contributed by atoms with Gasteiger partial charge in [-0.05, 0) is 33.5 Å². The minimum Gasteiger partial charge on any atom is -0.315 e. The molecule has 0 aliphatic carbocycles. The molecule has 3 heteroatoms. The maximum Gasteiger partial charge on any atom is 0.127 e. The van der Waals surface area contributed by atoms with Crippen molar-refractivity contribution in [2.75, 3.05) is 20.1 Å². The molecule has 2 nitrogen and oxygen atoms in total. The molecular formula is C14H23FN2. The molecule has 1 rings (SSSR count). The zero-order valence-corrected chi connectivity index (χ0v) is 11.2. The molecular weight excluding hydrogens is 215 g/mol. The summed E-state index contributed by atoms with van der Waals surface area (Å²) in [5, 5.41) is 3.31. The average Bonchev–Trinajstić information content (AvgIpc) is 2.34. The number of benzene rings is 1. The van der Waals surface area contributed by atoms with Gasteiger partial charge >= 0.3 is 0 Å². The summed E-state index contributed by atoms with van der Waals surface area (Å²) in [6.45, 7) is 8.17. The Kier molecular flexibility index (Phi) is 5.59. The molecule has 0 radical (unpaired) electrons. The molecule has 2 unspecified atom stereocenters. The van der Waals surface area contributed by atoms with Crippen molar-refractivity contribution in [2.24, 2.45) is 0 Å². The van der Waals surface area contributed by atoms with Crippen molar-refractivity contribution >= 4 is 0 Å². The fraction of sp³-hybridized carbons (Fsp3) is 0.571. The summed E-state index contributed by atoms with van der Waals surface area (Å²) in [5.41, 5.74) is 0.762. The molecule has 0 bridgehead atoms. The van der Waals surface area contributed by atoms with Crippen LogP contribution < -0.4 is 5.32 Å². The molecule has 2 atom stereocenters. The molecule has 0 aromatic heterocycles. The van der Waals surface area contributed by atoms with Gasteiger partial charge in [-0.3, -0.25) is 4.90 Å². The van der Waals surface area contributed by atoms with Gasteiger partial charge in [0, 0.05) is 24.2 Å². The Labute approximate surface area is 104 Å². The number of likely N-dealkylation sites (N-methyl/N-ethyl adjacent to an activating group) is 2. The highest BCUT2D eigenvalue weighted by Crippen LogP contribution is 2.22. The molecule has 0 saturated carbocycles. The second-order valence-electron chi connectivity index (χ2n) is 4.52. The second kappa shape index (κ2) is 6.72. The number of rotatable bonds is 6. The first kappa shape index (κ1) is 14.1. The first-order valence-corrected chi connectivity index (χ1v) is 6.25. The number of halogens is 1. The quantitative estimate of drug-likeness (QED) is 0.820. The van der Waals surface area contributed by atoms with Crippen LogP contribution in [0.5, 0.6) is 0 Å². The van der Waals surface area contributed by atoms with Crippen molar-refractivity contribution in [3.63, 3.8) is 0 Å². The van der Waals surface area contributed by atoms with Crippen LogP contribution in [-0.2, 0) is 0 Å². The fourth-order valence-electron chi connectivity index (χ4n) is 1.91. The third kappa shape index (κ3) is 3.79. The second-order valence-corrected chi connectivity index (χ2v) is 4.52. The molecule has 0 heterocycles. The first-order valence-electron chi connectivity index (χ1n) is 6.25. The van der Waals surface area contributed by atoms with Crippen LogP contribution >= 0.6 is 0 Å². The first-order chi connectivity index (χ1) is 8.07. The minimum atomic E-state index is -0.123. The van der Waals surface area contributed by atoms with Gasteiger partial charge in [-0.25, -0.2) is 4.39 Å². The lowest BCUT2D eigenvalue weighted by Crippen LogP contribution is -2.39. The van der Waals surface area contributed by atoms with Crippen molar-refractivity contribution in [1.29, 1.82) is 0 Å². The highest BCUT2D eigenvalue weighted by Gasteiger charge is 2.19. The average molecular weight is 238 g/mol. The molecule has 0 aliphatic rings. The minimum absolute atomic E-state index is 0.0878. The van der Waals surface area contributed by atoms with Crippen LogP contribution in [0.25, 0.3) is 0 Å². The Morgan fingerprint density at radius 2 is 1.94 bits per heavy atom. The van der Waals surface area contributed by atoms with Crippen molar-refractivity contribution in [1.82, 2.24) is 10.2 Å². The van der Waals surface area contributed by atoms with Gasteiger partial charge in [-0.1, -0.05) is 25.1 Å². The summed E-state index contributed by atoms with van der Waals surface area (Å²) >= 11 is 0. The summed E-state index contributed by atoms with van der Waals surface area (Å²) in [5.74, 6) is -0.123. The highest BCUT2D eigenvalue weighted by molar-refractivity contribution is 5.20. The Morgan fingerprint density at radius 3 is 2.53 bits per heavy atom. The maximum absolute atomic E-state index is 13.7. The Hall–Kier alpha value is -0.930. The Balaban J connectivity index is 2.69. The van der Waals surface area contributed by atoms with E-state index < -0.39 is 0 Å². The third-order valence-corrected chi connectivity index (χ3v) is 3.35. The predicted octanol–water partition coefficient (Wildman–Crippen LogP) is 2.82. The number of hydrogen-bond acceptors (Lipinski definition) is 2. The van der Waals surface area contributed by atoms with Crippen LogP contribution in [0, 0.1) is 5.82 Å². The Morgan fingerprint density at radius 1 is 1.29 bits per heavy atom. The van der Waals surface area contributed by atoms with E-state index in [1.165, 1.54) is 6.07 Å². The summed E-state index contributed by atoms with van der Waals surface area (Å²) < 4.78 is 13.7. The monoisotopic (exact) mass is 238 g/mol. The molecule has 1 N–H and O–H groups in total. The molecule has 0 spiro atoms. The summed E-state index contributed by atoms with van der Waals surface area (Å²) in [4.78, 5) is 2.20. The van der Waals surface area contributed by atoms with E-state index in [-0.39, 0.29) is 11.9 Å². The predicted molar refractivity (Wildman–Crippen MR) is 70.6 cm³/mol. The topological polar surface area (TPSA) is 15.3 Å². The lowest BCUT2D eigenvalue weighted by molar-refractivity contribution is 0.190. The molecule has 17 heavy (non-hydrogen) atoms. The van der Waals surface area contributed by atoms with Crippen LogP contribution in [0.15, 0.2) is 24.3 Å². The molecule has 0 saturated heterocycles. The van der Waals surface area contributed by atoms with Gasteiger partial charge in [0.2, 0.25) is 0 Å². The highest BCUT2D eigenvalue weighted by atomic mass is 19.1. The van der Waals surface area contributed by atoms with Crippen molar-refractivity contribution in [3.8, 4) is 0 Å². The van der Waals surface area contributed by atoms with Crippen LogP contribution in [0.4, 0.5) is 4.39 Å². The zero-order valence-electron chi connectivity index (χ0n) is 11.2. The van der Waals surface area contributed by atoms with E-state index in [9.17, 15) is 4.39 Å². The van der Waals surface area contributed by atoms with Gasteiger partial charge in [0.25, 0.3) is 0 Å². The summed E-state index contributed by atoms with van der Waals surface area (Å²) in [6, 6.07) is 7.46. The van der Waals surface area contributed by atoms with E-state index in [1.54, 1.807) is 6.07 Å². The number of hydrogen-bond donors (Lipinski definition) is 1. The van der Waals surface area contributed by atoms with Gasteiger partial charge in [0.05, 0.1) is 0 Å². The van der Waals surface area contributed by atoms with Crippen molar-refractivity contribution in [2.45, 2.75) is 32.9 Å². The van der Waals surface area contributed by atoms with Gasteiger partial charge in [-0.15, -0.1) is 0 Å².